The Morgan fingerprint density at radius 2 is 2.19 bits per heavy atom. The van der Waals surface area contributed by atoms with Gasteiger partial charge >= 0.3 is 0 Å². The molecule has 0 atom stereocenters. The number of carbonyl (C=O) groups is 1. The third-order valence-electron chi connectivity index (χ3n) is 3.50. The summed E-state index contributed by atoms with van der Waals surface area (Å²) in [6.07, 6.45) is 0. The highest BCUT2D eigenvalue weighted by atomic mass is 32.2. The molecule has 0 saturated carbocycles. The first-order chi connectivity index (χ1) is 13.0. The maximum Gasteiger partial charge on any atom is 0.264 e. The normalized spacial score (nSPS) is 11.4. The van der Waals surface area contributed by atoms with Crippen molar-refractivity contribution in [3.05, 3.63) is 52.2 Å². The molecule has 2 heterocycles. The molecule has 0 fully saturated rings. The number of hydrogen-bond acceptors (Lipinski definition) is 8. The standard InChI is InChI=1S/C17H19N7OS2/c1-11-5-3-6-13(9-11)19-15(25)10-27-17-23-22-16(24(17)18)21-20-12(2)14-7-4-8-26-14/h3-9H,10,18H2,1-2H3,(H,19,25)(H,21,22)/b20-12+. The number of hydrogen-bond donors (Lipinski definition) is 3. The Morgan fingerprint density at radius 3 is 2.93 bits per heavy atom. The zero-order chi connectivity index (χ0) is 19.2. The molecule has 1 amide bonds. The average Bonchev–Trinajstić information content (AvgIpc) is 3.28. The second kappa shape index (κ2) is 8.69. The Hall–Kier alpha value is -2.85. The van der Waals surface area contributed by atoms with Crippen LogP contribution in [0.15, 0.2) is 52.0 Å². The van der Waals surface area contributed by atoms with Gasteiger partial charge in [-0.3, -0.25) is 4.79 Å². The van der Waals surface area contributed by atoms with Gasteiger partial charge in [0.2, 0.25) is 11.1 Å². The second-order valence-electron chi connectivity index (χ2n) is 5.67. The quantitative estimate of drug-likeness (QED) is 0.243. The third kappa shape index (κ3) is 5.08. The molecule has 8 nitrogen and oxygen atoms in total. The van der Waals surface area contributed by atoms with Crippen LogP contribution in [0.2, 0.25) is 0 Å². The van der Waals surface area contributed by atoms with Crippen molar-refractivity contribution < 1.29 is 4.79 Å². The average molecular weight is 402 g/mol. The lowest BCUT2D eigenvalue weighted by Crippen LogP contribution is -2.17. The predicted molar refractivity (Wildman–Crippen MR) is 111 cm³/mol. The molecule has 27 heavy (non-hydrogen) atoms. The molecule has 2 aromatic heterocycles. The highest BCUT2D eigenvalue weighted by Gasteiger charge is 2.12. The van der Waals surface area contributed by atoms with Crippen molar-refractivity contribution in [3.8, 4) is 0 Å². The summed E-state index contributed by atoms with van der Waals surface area (Å²) in [7, 11) is 0. The molecule has 3 rings (SSSR count). The van der Waals surface area contributed by atoms with Gasteiger partial charge in [0.25, 0.3) is 5.95 Å². The van der Waals surface area contributed by atoms with Crippen LogP contribution in [0.25, 0.3) is 0 Å². The number of nitrogens with one attached hydrogen (secondary N) is 2. The Balaban J connectivity index is 1.55. The van der Waals surface area contributed by atoms with Gasteiger partial charge in [-0.1, -0.05) is 30.0 Å². The molecular weight excluding hydrogens is 382 g/mol. The zero-order valence-electron chi connectivity index (χ0n) is 14.8. The lowest BCUT2D eigenvalue weighted by Gasteiger charge is -2.06. The molecule has 4 N–H and O–H groups in total. The lowest BCUT2D eigenvalue weighted by atomic mass is 10.2. The van der Waals surface area contributed by atoms with Crippen LogP contribution in [0.4, 0.5) is 11.6 Å². The van der Waals surface area contributed by atoms with Crippen LogP contribution in [-0.2, 0) is 4.79 Å². The molecular formula is C17H19N7OS2. The SMILES string of the molecule is C/C(=N\Nc1nnc(SCC(=O)Nc2cccc(C)c2)n1N)c1cccs1. The van der Waals surface area contributed by atoms with Crippen LogP contribution in [0.1, 0.15) is 17.4 Å². The van der Waals surface area contributed by atoms with E-state index < -0.39 is 0 Å². The summed E-state index contributed by atoms with van der Waals surface area (Å²) in [5.41, 5.74) is 5.46. The van der Waals surface area contributed by atoms with E-state index in [-0.39, 0.29) is 11.7 Å². The van der Waals surface area contributed by atoms with Crippen LogP contribution in [0.5, 0.6) is 0 Å². The number of nitrogen functional groups attached to an aromatic ring is 1. The fraction of sp³-hybridized carbons (Fsp3) is 0.176. The number of aromatic nitrogens is 3. The van der Waals surface area contributed by atoms with Crippen LogP contribution >= 0.6 is 23.1 Å². The fourth-order valence-corrected chi connectivity index (χ4v) is 3.51. The molecule has 1 aromatic carbocycles. The van der Waals surface area contributed by atoms with Gasteiger partial charge < -0.3 is 11.2 Å². The van der Waals surface area contributed by atoms with Gasteiger partial charge in [0.15, 0.2) is 0 Å². The first kappa shape index (κ1) is 18.9. The summed E-state index contributed by atoms with van der Waals surface area (Å²) in [5.74, 6) is 6.30. The Bertz CT molecular complexity index is 950. The highest BCUT2D eigenvalue weighted by Crippen LogP contribution is 2.18. The number of benzene rings is 1. The van der Waals surface area contributed by atoms with Gasteiger partial charge in [0, 0.05) is 10.6 Å². The smallest absolute Gasteiger partial charge is 0.264 e. The maximum atomic E-state index is 12.1. The molecule has 10 heteroatoms. The topological polar surface area (TPSA) is 110 Å². The molecule has 0 aliphatic rings. The van der Waals surface area contributed by atoms with Crippen LogP contribution in [-0.4, -0.2) is 32.2 Å². The number of nitrogens with zero attached hydrogens (tertiary/aromatic N) is 4. The van der Waals surface area contributed by atoms with E-state index in [4.69, 9.17) is 5.84 Å². The van der Waals surface area contributed by atoms with Gasteiger partial charge in [-0.05, 0) is 43.0 Å². The van der Waals surface area contributed by atoms with Gasteiger partial charge in [0.1, 0.15) is 0 Å². The minimum atomic E-state index is -0.144. The summed E-state index contributed by atoms with van der Waals surface area (Å²) in [5, 5.41) is 17.5. The third-order valence-corrected chi connectivity index (χ3v) is 5.42. The zero-order valence-corrected chi connectivity index (χ0v) is 16.5. The van der Waals surface area contributed by atoms with Crippen molar-refractivity contribution in [1.82, 2.24) is 14.9 Å². The molecule has 0 saturated heterocycles. The van der Waals surface area contributed by atoms with E-state index in [1.165, 1.54) is 16.4 Å². The summed E-state index contributed by atoms with van der Waals surface area (Å²) >= 11 is 2.79. The van der Waals surface area contributed by atoms with E-state index >= 15 is 0 Å². The number of rotatable bonds is 7. The fourth-order valence-electron chi connectivity index (χ4n) is 2.18. The number of nitrogens with two attached hydrogens (primary N) is 1. The van der Waals surface area contributed by atoms with E-state index in [1.807, 2.05) is 55.6 Å². The van der Waals surface area contributed by atoms with Gasteiger partial charge in [0.05, 0.1) is 11.5 Å². The molecule has 0 bridgehead atoms. The number of hydrazone groups is 1. The summed E-state index contributed by atoms with van der Waals surface area (Å²) in [6.45, 7) is 3.86. The molecule has 0 aliphatic carbocycles. The number of carbonyl (C=O) groups excluding carboxylic acids is 1. The Labute approximate surface area is 164 Å². The largest absolute Gasteiger partial charge is 0.334 e. The molecule has 140 valence electrons. The predicted octanol–water partition coefficient (Wildman–Crippen LogP) is 2.93. The minimum absolute atomic E-state index is 0.144. The van der Waals surface area contributed by atoms with Crippen LogP contribution in [0, 0.1) is 6.92 Å². The first-order valence-electron chi connectivity index (χ1n) is 8.07. The van der Waals surface area contributed by atoms with E-state index in [1.54, 1.807) is 11.3 Å². The number of aryl methyl sites for hydroxylation is 1. The number of thioether (sulfide) groups is 1. The van der Waals surface area contributed by atoms with Crippen molar-refractivity contribution in [3.63, 3.8) is 0 Å². The van der Waals surface area contributed by atoms with E-state index in [2.05, 4.69) is 26.0 Å². The minimum Gasteiger partial charge on any atom is -0.334 e. The molecule has 0 unspecified atom stereocenters. The number of amides is 1. The molecule has 0 radical (unpaired) electrons. The van der Waals surface area contributed by atoms with Gasteiger partial charge in [-0.2, -0.15) is 5.10 Å². The van der Waals surface area contributed by atoms with E-state index in [0.29, 0.717) is 11.1 Å². The lowest BCUT2D eigenvalue weighted by molar-refractivity contribution is -0.113. The Kier molecular flexibility index (Phi) is 6.09. The number of thiophene rings is 1. The molecule has 3 aromatic rings. The molecule has 0 spiro atoms. The van der Waals surface area contributed by atoms with Crippen LogP contribution in [0.3, 0.4) is 0 Å². The van der Waals surface area contributed by atoms with Crippen molar-refractivity contribution in [1.29, 1.82) is 0 Å². The Morgan fingerprint density at radius 1 is 1.33 bits per heavy atom. The van der Waals surface area contributed by atoms with Crippen LogP contribution < -0.4 is 16.6 Å². The van der Waals surface area contributed by atoms with Crippen molar-refractivity contribution >= 4 is 46.4 Å². The second-order valence-corrected chi connectivity index (χ2v) is 7.56. The maximum absolute atomic E-state index is 12.1. The summed E-state index contributed by atoms with van der Waals surface area (Å²) in [6, 6.07) is 11.6. The van der Waals surface area contributed by atoms with Crippen molar-refractivity contribution in [2.45, 2.75) is 19.0 Å². The van der Waals surface area contributed by atoms with E-state index in [9.17, 15) is 4.79 Å². The van der Waals surface area contributed by atoms with Crippen molar-refractivity contribution in [2.75, 3.05) is 22.3 Å². The molecule has 0 aliphatic heterocycles. The van der Waals surface area contributed by atoms with E-state index in [0.717, 1.165) is 21.8 Å². The number of anilines is 2. The monoisotopic (exact) mass is 401 g/mol. The first-order valence-corrected chi connectivity index (χ1v) is 9.93. The van der Waals surface area contributed by atoms with Crippen molar-refractivity contribution in [2.24, 2.45) is 5.10 Å². The highest BCUT2D eigenvalue weighted by molar-refractivity contribution is 7.99. The van der Waals surface area contributed by atoms with Gasteiger partial charge in [-0.15, -0.1) is 21.5 Å². The summed E-state index contributed by atoms with van der Waals surface area (Å²) in [4.78, 5) is 13.1. The van der Waals surface area contributed by atoms with Gasteiger partial charge in [-0.25, -0.2) is 10.1 Å². The summed E-state index contributed by atoms with van der Waals surface area (Å²) < 4.78 is 1.27.